The molecule has 1 saturated heterocycles. The van der Waals surface area contributed by atoms with E-state index in [0.29, 0.717) is 18.0 Å². The zero-order chi connectivity index (χ0) is 17.3. The monoisotopic (exact) mass is 330 g/mol. The molecular weight excluding hydrogens is 300 g/mol. The average molecular weight is 330 g/mol. The van der Waals surface area contributed by atoms with E-state index in [-0.39, 0.29) is 6.54 Å². The number of piperidine rings is 1. The van der Waals surface area contributed by atoms with Crippen LogP contribution in [0.2, 0.25) is 0 Å². The number of hydrogen-bond donors (Lipinski definition) is 1. The lowest BCUT2D eigenvalue weighted by Crippen LogP contribution is -2.47. The van der Waals surface area contributed by atoms with Gasteiger partial charge in [-0.25, -0.2) is 0 Å². The summed E-state index contributed by atoms with van der Waals surface area (Å²) in [6.45, 7) is 9.74. The topological polar surface area (TPSA) is 43.8 Å². The molecule has 0 spiro atoms. The molecule has 1 aromatic rings. The number of fused-ring (bicyclic) bond motifs is 1. The van der Waals surface area contributed by atoms with Crippen LogP contribution in [0.25, 0.3) is 0 Å². The number of likely N-dealkylation sites (N-methyl/N-ethyl adjacent to an activating group) is 1. The summed E-state index contributed by atoms with van der Waals surface area (Å²) in [7, 11) is 0. The van der Waals surface area contributed by atoms with Crippen molar-refractivity contribution >= 4 is 5.97 Å². The number of carboxylic acids is 1. The summed E-state index contributed by atoms with van der Waals surface area (Å²) in [5, 5.41) is 9.09. The van der Waals surface area contributed by atoms with Crippen LogP contribution < -0.4 is 0 Å². The van der Waals surface area contributed by atoms with Crippen molar-refractivity contribution < 1.29 is 9.90 Å². The lowest BCUT2D eigenvalue weighted by Gasteiger charge is -2.41. The molecule has 24 heavy (non-hydrogen) atoms. The Hall–Kier alpha value is -1.39. The second-order valence-corrected chi connectivity index (χ2v) is 7.55. The highest BCUT2D eigenvalue weighted by Gasteiger charge is 2.36. The van der Waals surface area contributed by atoms with Gasteiger partial charge in [0.25, 0.3) is 0 Å². The number of benzene rings is 1. The van der Waals surface area contributed by atoms with Gasteiger partial charge < -0.3 is 5.11 Å². The van der Waals surface area contributed by atoms with E-state index in [4.69, 9.17) is 5.11 Å². The maximum Gasteiger partial charge on any atom is 0.317 e. The van der Waals surface area contributed by atoms with Crippen molar-refractivity contribution in [2.24, 2.45) is 5.92 Å². The summed E-state index contributed by atoms with van der Waals surface area (Å²) in [6.07, 6.45) is 3.33. The first kappa shape index (κ1) is 17.4. The summed E-state index contributed by atoms with van der Waals surface area (Å²) >= 11 is 0. The summed E-state index contributed by atoms with van der Waals surface area (Å²) < 4.78 is 0. The highest BCUT2D eigenvalue weighted by atomic mass is 16.4. The number of aryl methyl sites for hydroxylation is 1. The molecule has 4 nitrogen and oxygen atoms in total. The minimum atomic E-state index is -0.715. The predicted molar refractivity (Wildman–Crippen MR) is 96.3 cm³/mol. The highest BCUT2D eigenvalue weighted by molar-refractivity contribution is 5.69. The molecular formula is C20H30N2O2. The van der Waals surface area contributed by atoms with Gasteiger partial charge >= 0.3 is 5.97 Å². The van der Waals surface area contributed by atoms with Gasteiger partial charge in [0.15, 0.2) is 0 Å². The van der Waals surface area contributed by atoms with Crippen molar-refractivity contribution in [2.75, 3.05) is 26.2 Å². The Labute approximate surface area is 145 Å². The fraction of sp³-hybridized carbons (Fsp3) is 0.650. The number of hydrogen-bond acceptors (Lipinski definition) is 3. The largest absolute Gasteiger partial charge is 0.480 e. The summed E-state index contributed by atoms with van der Waals surface area (Å²) in [5.41, 5.74) is 4.39. The molecule has 1 N–H and O–H groups in total. The molecule has 2 atom stereocenters. The van der Waals surface area contributed by atoms with Crippen LogP contribution in [-0.2, 0) is 11.2 Å². The molecule has 0 radical (unpaired) electrons. The maximum absolute atomic E-state index is 11.0. The Balaban J connectivity index is 1.67. The third-order valence-electron chi connectivity index (χ3n) is 5.85. The van der Waals surface area contributed by atoms with E-state index in [1.54, 1.807) is 0 Å². The van der Waals surface area contributed by atoms with E-state index in [0.717, 1.165) is 32.5 Å². The number of likely N-dealkylation sites (tertiary alicyclic amines) is 1. The molecule has 4 heteroatoms. The normalized spacial score (nSPS) is 25.2. The number of carboxylic acid groups (broad SMARTS) is 1. The van der Waals surface area contributed by atoms with E-state index in [1.807, 2.05) is 0 Å². The maximum atomic E-state index is 11.0. The van der Waals surface area contributed by atoms with E-state index >= 15 is 0 Å². The Morgan fingerprint density at radius 3 is 2.67 bits per heavy atom. The first-order valence-electron chi connectivity index (χ1n) is 9.29. The van der Waals surface area contributed by atoms with E-state index in [1.165, 1.54) is 23.1 Å². The molecule has 2 unspecified atom stereocenters. The van der Waals surface area contributed by atoms with Crippen LogP contribution in [0.15, 0.2) is 18.2 Å². The van der Waals surface area contributed by atoms with E-state index < -0.39 is 5.97 Å². The molecule has 1 aliphatic heterocycles. The quantitative estimate of drug-likeness (QED) is 0.901. The van der Waals surface area contributed by atoms with Gasteiger partial charge in [-0.3, -0.25) is 14.6 Å². The van der Waals surface area contributed by atoms with E-state index in [9.17, 15) is 4.79 Å². The zero-order valence-corrected chi connectivity index (χ0v) is 15.2. The third-order valence-corrected chi connectivity index (χ3v) is 5.85. The van der Waals surface area contributed by atoms with Crippen molar-refractivity contribution in [3.63, 3.8) is 0 Å². The van der Waals surface area contributed by atoms with Crippen LogP contribution in [0.4, 0.5) is 0 Å². The van der Waals surface area contributed by atoms with Crippen molar-refractivity contribution in [3.05, 3.63) is 34.9 Å². The highest BCUT2D eigenvalue weighted by Crippen LogP contribution is 2.41. The molecule has 1 fully saturated rings. The molecule has 1 aromatic carbocycles. The van der Waals surface area contributed by atoms with Crippen molar-refractivity contribution in [3.8, 4) is 0 Å². The molecule has 0 aromatic heterocycles. The minimum absolute atomic E-state index is 0.170. The second-order valence-electron chi connectivity index (χ2n) is 7.55. The predicted octanol–water partition coefficient (Wildman–Crippen LogP) is 3.10. The van der Waals surface area contributed by atoms with Crippen LogP contribution in [0.1, 0.15) is 49.4 Å². The molecule has 1 aliphatic carbocycles. The van der Waals surface area contributed by atoms with Gasteiger partial charge in [-0.05, 0) is 49.8 Å². The van der Waals surface area contributed by atoms with Crippen LogP contribution in [0.3, 0.4) is 0 Å². The molecule has 0 bridgehead atoms. The van der Waals surface area contributed by atoms with Gasteiger partial charge in [0.2, 0.25) is 0 Å². The lowest BCUT2D eigenvalue weighted by molar-refractivity contribution is -0.139. The Bertz CT molecular complexity index is 593. The first-order chi connectivity index (χ1) is 11.5. The standard InChI is InChI=1S/C20H30N2O2/c1-4-21(13-19(23)24)17-7-9-22(10-8-17)20-15(3)12-16-6-5-14(2)11-18(16)20/h5-6,11,15,17,20H,4,7-10,12-13H2,1-3H3,(H,23,24). The van der Waals surface area contributed by atoms with Gasteiger partial charge in [0, 0.05) is 25.2 Å². The zero-order valence-electron chi connectivity index (χ0n) is 15.2. The van der Waals surface area contributed by atoms with Gasteiger partial charge in [-0.15, -0.1) is 0 Å². The van der Waals surface area contributed by atoms with Crippen LogP contribution >= 0.6 is 0 Å². The summed E-state index contributed by atoms with van der Waals surface area (Å²) in [6, 6.07) is 7.86. The SMILES string of the molecule is CCN(CC(=O)O)C1CCN(C2c3cc(C)ccc3CC2C)CC1. The van der Waals surface area contributed by atoms with Crippen LogP contribution in [0.5, 0.6) is 0 Å². The molecule has 132 valence electrons. The van der Waals surface area contributed by atoms with Gasteiger partial charge in [0.05, 0.1) is 6.54 Å². The van der Waals surface area contributed by atoms with Crippen molar-refractivity contribution in [2.45, 2.75) is 52.1 Å². The van der Waals surface area contributed by atoms with Gasteiger partial charge in [0.1, 0.15) is 0 Å². The number of rotatable bonds is 5. The number of aliphatic carboxylic acids is 1. The Morgan fingerprint density at radius 2 is 2.04 bits per heavy atom. The van der Waals surface area contributed by atoms with Crippen molar-refractivity contribution in [1.82, 2.24) is 9.80 Å². The Kier molecular flexibility index (Phi) is 5.26. The number of nitrogens with zero attached hydrogens (tertiary/aromatic N) is 2. The van der Waals surface area contributed by atoms with Crippen molar-refractivity contribution in [1.29, 1.82) is 0 Å². The van der Waals surface area contributed by atoms with E-state index in [2.05, 4.69) is 48.8 Å². The van der Waals surface area contributed by atoms with Gasteiger partial charge in [-0.1, -0.05) is 37.6 Å². The van der Waals surface area contributed by atoms with Crippen LogP contribution in [-0.4, -0.2) is 53.1 Å². The second kappa shape index (κ2) is 7.24. The van der Waals surface area contributed by atoms with Gasteiger partial charge in [-0.2, -0.15) is 0 Å². The fourth-order valence-electron chi connectivity index (χ4n) is 4.70. The number of carbonyl (C=O) groups is 1. The Morgan fingerprint density at radius 1 is 1.33 bits per heavy atom. The molecule has 2 aliphatic rings. The summed E-state index contributed by atoms with van der Waals surface area (Å²) in [5.74, 6) is -0.0484. The molecule has 3 rings (SSSR count). The average Bonchev–Trinajstić information content (AvgIpc) is 2.88. The van der Waals surface area contributed by atoms with Crippen LogP contribution in [0, 0.1) is 12.8 Å². The molecule has 0 saturated carbocycles. The first-order valence-corrected chi connectivity index (χ1v) is 9.29. The fourth-order valence-corrected chi connectivity index (χ4v) is 4.70. The minimum Gasteiger partial charge on any atom is -0.480 e. The smallest absolute Gasteiger partial charge is 0.317 e. The third kappa shape index (κ3) is 3.50. The summed E-state index contributed by atoms with van der Waals surface area (Å²) in [4.78, 5) is 15.8. The lowest BCUT2D eigenvalue weighted by atomic mass is 9.95. The molecule has 0 amide bonds. The molecule has 1 heterocycles.